The van der Waals surface area contributed by atoms with Gasteiger partial charge in [0.05, 0.1) is 5.69 Å². The summed E-state index contributed by atoms with van der Waals surface area (Å²) in [6.45, 7) is 4.14. The predicted octanol–water partition coefficient (Wildman–Crippen LogP) is 4.08. The number of nitrogens with two attached hydrogens (primary N) is 1. The molecule has 0 fully saturated rings. The summed E-state index contributed by atoms with van der Waals surface area (Å²) < 4.78 is 0. The zero-order valence-electron chi connectivity index (χ0n) is 14.8. The van der Waals surface area contributed by atoms with Gasteiger partial charge in [-0.25, -0.2) is 4.98 Å². The molecule has 3 N–H and O–H groups in total. The molecule has 6 heteroatoms. The molecule has 2 aromatic heterocycles. The number of hydrogen-bond donors (Lipinski definition) is 2. The second-order valence-electron chi connectivity index (χ2n) is 4.51. The van der Waals surface area contributed by atoms with E-state index in [1.807, 2.05) is 45.4 Å². The number of pyridine rings is 1. The minimum atomic E-state index is 0.139. The summed E-state index contributed by atoms with van der Waals surface area (Å²) in [5, 5.41) is 6.06. The van der Waals surface area contributed by atoms with Gasteiger partial charge in [0, 0.05) is 36.9 Å². The van der Waals surface area contributed by atoms with Crippen molar-refractivity contribution in [1.82, 2.24) is 9.97 Å². The molecule has 1 aromatic carbocycles. The Morgan fingerprint density at radius 3 is 2.32 bits per heavy atom. The van der Waals surface area contributed by atoms with Crippen LogP contribution in [-0.2, 0) is 4.79 Å². The fraction of sp³-hybridized carbons (Fsp3) is 0.211. The summed E-state index contributed by atoms with van der Waals surface area (Å²) in [7, 11) is 1.88. The first kappa shape index (κ1) is 20.5. The number of anilines is 1. The third-order valence-corrected chi connectivity index (χ3v) is 3.85. The molecule has 0 saturated carbocycles. The number of carbonyl (C=O) groups excluding carboxylic acids is 1. The molecule has 0 aliphatic carbocycles. The maximum atomic E-state index is 9.05. The maximum absolute atomic E-state index is 9.05. The monoisotopic (exact) mass is 356 g/mol. The molecular formula is C19H24N4OS. The number of nitrogens with one attached hydrogen (secondary N) is 1. The first-order valence-electron chi connectivity index (χ1n) is 8.06. The van der Waals surface area contributed by atoms with Gasteiger partial charge < -0.3 is 15.8 Å². The fourth-order valence-electron chi connectivity index (χ4n) is 1.92. The van der Waals surface area contributed by atoms with Crippen molar-refractivity contribution in [3.05, 3.63) is 54.2 Å². The van der Waals surface area contributed by atoms with Crippen LogP contribution in [0.5, 0.6) is 0 Å². The average molecular weight is 356 g/mol. The molecule has 0 unspecified atom stereocenters. The second-order valence-corrected chi connectivity index (χ2v) is 5.37. The highest BCUT2D eigenvalue weighted by Gasteiger charge is 2.05. The van der Waals surface area contributed by atoms with Crippen LogP contribution in [0, 0.1) is 0 Å². The van der Waals surface area contributed by atoms with E-state index >= 15 is 0 Å². The first-order chi connectivity index (χ1) is 12.3. The van der Waals surface area contributed by atoms with E-state index in [9.17, 15) is 0 Å². The topological polar surface area (TPSA) is 80.9 Å². The minimum Gasteiger partial charge on any atom is -0.365 e. The molecule has 132 valence electrons. The standard InChI is InChI=1S/C15H13N3S.C2H5NO.C2H6/c1-16-15-18-14(10-19-15)13-4-2-3-12(9-13)11-5-7-17-8-6-11;3-1-2-4;1-2/h2-10H,1H3,(H,16,18);2H,1,3H2;1-2H3. The number of rotatable bonds is 4. The molecular weight excluding hydrogens is 332 g/mol. The maximum Gasteiger partial charge on any atom is 0.182 e. The molecule has 0 atom stereocenters. The Morgan fingerprint density at radius 2 is 1.76 bits per heavy atom. The molecule has 3 aromatic rings. The molecule has 3 rings (SSSR count). The molecule has 0 spiro atoms. The summed E-state index contributed by atoms with van der Waals surface area (Å²) in [6, 6.07) is 12.4. The van der Waals surface area contributed by atoms with Gasteiger partial charge in [0.2, 0.25) is 0 Å². The summed E-state index contributed by atoms with van der Waals surface area (Å²) in [5.74, 6) is 0. The molecule has 5 nitrogen and oxygen atoms in total. The van der Waals surface area contributed by atoms with Crippen LogP contribution in [0.4, 0.5) is 5.13 Å². The van der Waals surface area contributed by atoms with Crippen molar-refractivity contribution in [2.75, 3.05) is 18.9 Å². The summed E-state index contributed by atoms with van der Waals surface area (Å²) >= 11 is 1.61. The molecule has 0 radical (unpaired) electrons. The third kappa shape index (κ3) is 6.45. The number of hydrogen-bond acceptors (Lipinski definition) is 6. The molecule has 25 heavy (non-hydrogen) atoms. The number of aldehydes is 1. The van der Waals surface area contributed by atoms with Crippen molar-refractivity contribution in [1.29, 1.82) is 0 Å². The number of nitrogens with zero attached hydrogens (tertiary/aromatic N) is 2. The van der Waals surface area contributed by atoms with Crippen LogP contribution < -0.4 is 11.1 Å². The van der Waals surface area contributed by atoms with Crippen LogP contribution in [0.3, 0.4) is 0 Å². The molecule has 0 saturated heterocycles. The van der Waals surface area contributed by atoms with Crippen molar-refractivity contribution in [2.45, 2.75) is 13.8 Å². The van der Waals surface area contributed by atoms with Crippen LogP contribution in [0.15, 0.2) is 54.2 Å². The lowest BCUT2D eigenvalue weighted by Crippen LogP contribution is -1.97. The number of benzene rings is 1. The van der Waals surface area contributed by atoms with Crippen molar-refractivity contribution in [3.8, 4) is 22.4 Å². The van der Waals surface area contributed by atoms with Crippen LogP contribution in [0.2, 0.25) is 0 Å². The molecule has 0 bridgehead atoms. The number of aromatic nitrogens is 2. The fourth-order valence-corrected chi connectivity index (χ4v) is 2.60. The van der Waals surface area contributed by atoms with Gasteiger partial charge >= 0.3 is 0 Å². The summed E-state index contributed by atoms with van der Waals surface area (Å²) in [4.78, 5) is 17.6. The number of thiazole rings is 1. The Kier molecular flexibility index (Phi) is 9.74. The summed E-state index contributed by atoms with van der Waals surface area (Å²) in [6.07, 6.45) is 4.27. The van der Waals surface area contributed by atoms with E-state index in [-0.39, 0.29) is 6.54 Å². The van der Waals surface area contributed by atoms with Gasteiger partial charge in [-0.2, -0.15) is 0 Å². The van der Waals surface area contributed by atoms with E-state index < -0.39 is 0 Å². The first-order valence-corrected chi connectivity index (χ1v) is 8.94. The van der Waals surface area contributed by atoms with E-state index in [0.29, 0.717) is 6.29 Å². The lowest BCUT2D eigenvalue weighted by molar-refractivity contribution is -0.106. The van der Waals surface area contributed by atoms with Gasteiger partial charge in [-0.3, -0.25) is 4.98 Å². The average Bonchev–Trinajstić information content (AvgIpc) is 3.20. The van der Waals surface area contributed by atoms with E-state index in [0.717, 1.165) is 16.4 Å². The lowest BCUT2D eigenvalue weighted by Gasteiger charge is -2.03. The Morgan fingerprint density at radius 1 is 1.12 bits per heavy atom. The zero-order valence-corrected chi connectivity index (χ0v) is 15.6. The highest BCUT2D eigenvalue weighted by Crippen LogP contribution is 2.28. The van der Waals surface area contributed by atoms with Crippen LogP contribution in [0.1, 0.15) is 13.8 Å². The van der Waals surface area contributed by atoms with Crippen LogP contribution >= 0.6 is 11.3 Å². The van der Waals surface area contributed by atoms with E-state index in [1.54, 1.807) is 11.3 Å². The Hall–Kier alpha value is -2.57. The van der Waals surface area contributed by atoms with Crippen molar-refractivity contribution < 1.29 is 4.79 Å². The van der Waals surface area contributed by atoms with Gasteiger partial charge in [-0.15, -0.1) is 11.3 Å². The number of carbonyl (C=O) groups is 1. The third-order valence-electron chi connectivity index (χ3n) is 2.99. The highest BCUT2D eigenvalue weighted by molar-refractivity contribution is 7.14. The Bertz CT molecular complexity index is 744. The minimum absolute atomic E-state index is 0.139. The van der Waals surface area contributed by atoms with Crippen LogP contribution in [-0.4, -0.2) is 29.8 Å². The normalized spacial score (nSPS) is 9.12. The predicted molar refractivity (Wildman–Crippen MR) is 107 cm³/mol. The zero-order chi connectivity index (χ0) is 18.5. The van der Waals surface area contributed by atoms with Crippen molar-refractivity contribution in [2.24, 2.45) is 5.73 Å². The second kappa shape index (κ2) is 11.9. The van der Waals surface area contributed by atoms with Crippen molar-refractivity contribution >= 4 is 22.8 Å². The van der Waals surface area contributed by atoms with E-state index in [4.69, 9.17) is 4.79 Å². The Labute approximate surface area is 153 Å². The van der Waals surface area contributed by atoms with Crippen molar-refractivity contribution in [3.63, 3.8) is 0 Å². The Balaban J connectivity index is 0.000000461. The van der Waals surface area contributed by atoms with Gasteiger partial charge in [-0.05, 0) is 29.3 Å². The van der Waals surface area contributed by atoms with Crippen LogP contribution in [0.25, 0.3) is 22.4 Å². The smallest absolute Gasteiger partial charge is 0.182 e. The summed E-state index contributed by atoms with van der Waals surface area (Å²) in [5.41, 5.74) is 9.14. The lowest BCUT2D eigenvalue weighted by atomic mass is 10.0. The van der Waals surface area contributed by atoms with Gasteiger partial charge in [0.15, 0.2) is 5.13 Å². The van der Waals surface area contributed by atoms with E-state index in [1.165, 1.54) is 11.1 Å². The highest BCUT2D eigenvalue weighted by atomic mass is 32.1. The van der Waals surface area contributed by atoms with E-state index in [2.05, 4.69) is 50.7 Å². The quantitative estimate of drug-likeness (QED) is 0.688. The van der Waals surface area contributed by atoms with Gasteiger partial charge in [0.25, 0.3) is 0 Å². The molecule has 0 aliphatic heterocycles. The molecule has 0 amide bonds. The SMILES string of the molecule is CC.CNc1nc(-c2cccc(-c3ccncc3)c2)cs1.NCC=O. The molecule has 2 heterocycles. The van der Waals surface area contributed by atoms with Gasteiger partial charge in [0.1, 0.15) is 6.29 Å². The molecule has 0 aliphatic rings. The van der Waals surface area contributed by atoms with Gasteiger partial charge in [-0.1, -0.05) is 32.0 Å². The largest absolute Gasteiger partial charge is 0.365 e.